The van der Waals surface area contributed by atoms with E-state index in [2.05, 4.69) is 16.5 Å². The van der Waals surface area contributed by atoms with Gasteiger partial charge in [0, 0.05) is 16.1 Å². The van der Waals surface area contributed by atoms with Crippen LogP contribution in [-0.2, 0) is 6.54 Å². The summed E-state index contributed by atoms with van der Waals surface area (Å²) in [6.07, 6.45) is 0. The minimum absolute atomic E-state index is 0.0428. The summed E-state index contributed by atoms with van der Waals surface area (Å²) < 4.78 is 11.0. The van der Waals surface area contributed by atoms with Crippen molar-refractivity contribution >= 4 is 34.2 Å². The average Bonchev–Trinajstić information content (AvgIpc) is 3.54. The number of phenols is 1. The van der Waals surface area contributed by atoms with Crippen molar-refractivity contribution in [1.82, 2.24) is 20.4 Å². The molecule has 7 nitrogen and oxygen atoms in total. The Kier molecular flexibility index (Phi) is 6.04. The number of aromatic hydroxyl groups is 1. The molecule has 0 radical (unpaired) electrons. The summed E-state index contributed by atoms with van der Waals surface area (Å²) in [4.78, 5) is 7.92. The van der Waals surface area contributed by atoms with Crippen LogP contribution in [-0.4, -0.2) is 32.4 Å². The van der Waals surface area contributed by atoms with E-state index in [9.17, 15) is 5.11 Å². The maximum Gasteiger partial charge on any atom is 0.258 e. The summed E-state index contributed by atoms with van der Waals surface area (Å²) in [5.41, 5.74) is 3.36. The van der Waals surface area contributed by atoms with Crippen molar-refractivity contribution in [2.75, 3.05) is 7.11 Å². The Bertz CT molecular complexity index is 1350. The summed E-state index contributed by atoms with van der Waals surface area (Å²) >= 11 is 7.42. The maximum atomic E-state index is 10.4. The molecule has 4 aromatic rings. The van der Waals surface area contributed by atoms with Crippen LogP contribution < -0.4 is 10.1 Å². The van der Waals surface area contributed by atoms with Gasteiger partial charge in [0.1, 0.15) is 0 Å². The first-order valence-corrected chi connectivity index (χ1v) is 11.9. The molecule has 172 valence electrons. The molecule has 5 rings (SSSR count). The van der Waals surface area contributed by atoms with Crippen LogP contribution in [0.25, 0.3) is 17.0 Å². The smallest absolute Gasteiger partial charge is 0.258 e. The van der Waals surface area contributed by atoms with E-state index in [0.717, 1.165) is 22.4 Å². The van der Waals surface area contributed by atoms with Crippen LogP contribution in [0.4, 0.5) is 0 Å². The van der Waals surface area contributed by atoms with Crippen LogP contribution in [0.15, 0.2) is 76.3 Å². The second kappa shape index (κ2) is 9.28. The number of phenolic OH excluding ortho intramolecular Hbond substituents is 1. The minimum Gasteiger partial charge on any atom is -0.504 e. The summed E-state index contributed by atoms with van der Waals surface area (Å²) in [5.74, 6) is 1.34. The highest BCUT2D eigenvalue weighted by Crippen LogP contribution is 2.40. The molecule has 0 saturated heterocycles. The molecule has 0 fully saturated rings. The second-order valence-corrected chi connectivity index (χ2v) is 9.19. The fraction of sp³-hybridized carbons (Fsp3) is 0.160. The number of hydrogen-bond donors (Lipinski definition) is 2. The zero-order chi connectivity index (χ0) is 23.7. The van der Waals surface area contributed by atoms with E-state index in [1.165, 1.54) is 12.0 Å². The van der Waals surface area contributed by atoms with E-state index in [-0.39, 0.29) is 5.75 Å². The first-order valence-electron chi connectivity index (χ1n) is 10.6. The van der Waals surface area contributed by atoms with E-state index in [4.69, 9.17) is 26.5 Å². The van der Waals surface area contributed by atoms with Crippen molar-refractivity contribution in [2.24, 2.45) is 0 Å². The van der Waals surface area contributed by atoms with Gasteiger partial charge in [-0.05, 0) is 48.3 Å². The molecular weight excluding hydrogens is 468 g/mol. The molecule has 1 unspecified atom stereocenters. The second-order valence-electron chi connectivity index (χ2n) is 7.77. The largest absolute Gasteiger partial charge is 0.504 e. The number of ether oxygens (including phenoxy) is 1. The first-order chi connectivity index (χ1) is 16.5. The fourth-order valence-electron chi connectivity index (χ4n) is 3.98. The van der Waals surface area contributed by atoms with E-state index in [0.29, 0.717) is 29.1 Å². The monoisotopic (exact) mass is 490 g/mol. The molecule has 34 heavy (non-hydrogen) atoms. The molecule has 3 heterocycles. The lowest BCUT2D eigenvalue weighted by Crippen LogP contribution is -2.45. The van der Waals surface area contributed by atoms with Gasteiger partial charge in [-0.2, -0.15) is 4.98 Å². The number of rotatable bonds is 6. The lowest BCUT2D eigenvalue weighted by Gasteiger charge is -2.37. The zero-order valence-electron chi connectivity index (χ0n) is 18.6. The number of thiocarbonyl (C=S) groups is 1. The number of hydrogen-bond acceptors (Lipinski definition) is 7. The van der Waals surface area contributed by atoms with Gasteiger partial charge in [-0.1, -0.05) is 47.6 Å². The lowest BCUT2D eigenvalue weighted by atomic mass is 9.94. The highest BCUT2D eigenvalue weighted by atomic mass is 32.1. The Morgan fingerprint density at radius 3 is 2.71 bits per heavy atom. The summed E-state index contributed by atoms with van der Waals surface area (Å²) in [6.45, 7) is 2.62. The van der Waals surface area contributed by atoms with Gasteiger partial charge in [-0.15, -0.1) is 11.3 Å². The molecule has 0 saturated carbocycles. The number of methoxy groups -OCH3 is 1. The van der Waals surface area contributed by atoms with Crippen LogP contribution >= 0.6 is 23.6 Å². The maximum absolute atomic E-state index is 10.4. The molecular formula is C25H22N4O3S2. The molecule has 1 aliphatic heterocycles. The number of benzene rings is 2. The normalized spacial score (nSPS) is 16.0. The Morgan fingerprint density at radius 2 is 2.00 bits per heavy atom. The van der Waals surface area contributed by atoms with E-state index < -0.39 is 6.04 Å². The average molecular weight is 491 g/mol. The zero-order valence-corrected chi connectivity index (χ0v) is 20.2. The molecule has 0 aliphatic carbocycles. The fourth-order valence-corrected chi connectivity index (χ4v) is 4.99. The molecule has 0 amide bonds. The van der Waals surface area contributed by atoms with E-state index in [1.807, 2.05) is 59.7 Å². The van der Waals surface area contributed by atoms with E-state index >= 15 is 0 Å². The van der Waals surface area contributed by atoms with Crippen molar-refractivity contribution in [2.45, 2.75) is 19.5 Å². The minimum atomic E-state index is -0.395. The first kappa shape index (κ1) is 22.1. The van der Waals surface area contributed by atoms with Crippen LogP contribution in [0.2, 0.25) is 0 Å². The Labute approximate surface area is 206 Å². The van der Waals surface area contributed by atoms with Gasteiger partial charge >= 0.3 is 0 Å². The number of nitrogens with one attached hydrogen (secondary N) is 1. The topological polar surface area (TPSA) is 83.7 Å². The highest BCUT2D eigenvalue weighted by molar-refractivity contribution is 7.80. The van der Waals surface area contributed by atoms with Gasteiger partial charge in [-0.3, -0.25) is 0 Å². The molecule has 1 aliphatic rings. The van der Waals surface area contributed by atoms with Gasteiger partial charge in [-0.25, -0.2) is 0 Å². The van der Waals surface area contributed by atoms with Gasteiger partial charge in [0.15, 0.2) is 16.6 Å². The van der Waals surface area contributed by atoms with Crippen molar-refractivity contribution in [3.63, 3.8) is 0 Å². The third kappa shape index (κ3) is 4.15. The quantitative estimate of drug-likeness (QED) is 0.349. The molecule has 2 N–H and O–H groups in total. The van der Waals surface area contributed by atoms with Gasteiger partial charge < -0.3 is 24.6 Å². The van der Waals surface area contributed by atoms with Gasteiger partial charge in [0.05, 0.1) is 25.3 Å². The predicted molar refractivity (Wildman–Crippen MR) is 135 cm³/mol. The molecule has 1 atom stereocenters. The van der Waals surface area contributed by atoms with Crippen molar-refractivity contribution in [3.8, 4) is 22.9 Å². The third-order valence-electron chi connectivity index (χ3n) is 5.72. The Hall–Kier alpha value is -3.69. The van der Waals surface area contributed by atoms with E-state index in [1.54, 1.807) is 23.5 Å². The van der Waals surface area contributed by atoms with Crippen molar-refractivity contribution < 1.29 is 14.4 Å². The molecule has 2 aromatic heterocycles. The molecule has 2 aromatic carbocycles. The number of nitrogens with zero attached hydrogens (tertiary/aromatic N) is 3. The number of thiophene rings is 1. The van der Waals surface area contributed by atoms with Crippen LogP contribution in [0.1, 0.15) is 29.3 Å². The summed E-state index contributed by atoms with van der Waals surface area (Å²) in [5, 5.41) is 20.7. The number of aromatic nitrogens is 2. The summed E-state index contributed by atoms with van der Waals surface area (Å²) in [7, 11) is 1.52. The molecule has 0 bridgehead atoms. The van der Waals surface area contributed by atoms with Crippen molar-refractivity contribution in [1.29, 1.82) is 0 Å². The third-order valence-corrected chi connectivity index (χ3v) is 6.91. The van der Waals surface area contributed by atoms with Crippen molar-refractivity contribution in [3.05, 3.63) is 88.1 Å². The highest BCUT2D eigenvalue weighted by Gasteiger charge is 2.34. The lowest BCUT2D eigenvalue weighted by molar-refractivity contribution is 0.372. The Balaban J connectivity index is 1.61. The predicted octanol–water partition coefficient (Wildman–Crippen LogP) is 5.37. The SMILES string of the molecule is COc1ccc(C2NC(=S)N(Cc3cccs3)C(C)=C2c2nc(-c3ccccc3)no2)cc1O. The number of allylic oxidation sites excluding steroid dienone is 1. The molecule has 9 heteroatoms. The van der Waals surface area contributed by atoms with Gasteiger partial charge in [0.25, 0.3) is 5.89 Å². The van der Waals surface area contributed by atoms with Crippen LogP contribution in [0, 0.1) is 0 Å². The van der Waals surface area contributed by atoms with Crippen LogP contribution in [0.5, 0.6) is 11.5 Å². The van der Waals surface area contributed by atoms with Crippen LogP contribution in [0.3, 0.4) is 0 Å². The van der Waals surface area contributed by atoms with Gasteiger partial charge in [0.2, 0.25) is 5.82 Å². The molecule has 0 spiro atoms. The standard InChI is InChI=1S/C25H22N4O3S2/c1-15-21(24-27-23(28-32-24)16-7-4-3-5-8-16)22(17-10-11-20(31-2)19(30)13-17)26-25(33)29(15)14-18-9-6-12-34-18/h3-13,22,30H,14H2,1-2H3,(H,26,33). The Morgan fingerprint density at radius 1 is 1.18 bits per heavy atom. The summed E-state index contributed by atoms with van der Waals surface area (Å²) in [6, 6.07) is 18.7.